The van der Waals surface area contributed by atoms with Crippen molar-refractivity contribution in [1.29, 1.82) is 0 Å². The highest BCUT2D eigenvalue weighted by Gasteiger charge is 2.28. The number of carbonyl (C=O) groups is 2. The number of rotatable bonds is 8. The number of guanidine groups is 2. The van der Waals surface area contributed by atoms with Gasteiger partial charge in [-0.25, -0.2) is 24.6 Å². The van der Waals surface area contributed by atoms with Gasteiger partial charge in [-0.1, -0.05) is 36.4 Å². The zero-order chi connectivity index (χ0) is 35.9. The summed E-state index contributed by atoms with van der Waals surface area (Å²) in [7, 11) is 0. The van der Waals surface area contributed by atoms with Crippen LogP contribution in [0.5, 0.6) is 0 Å². The van der Waals surface area contributed by atoms with Crippen LogP contribution in [0, 0.1) is 0 Å². The monoisotopic (exact) mass is 741 g/mol. The Morgan fingerprint density at radius 3 is 1.48 bits per heavy atom. The highest BCUT2D eigenvalue weighted by atomic mass is 32.1. The first kappa shape index (κ1) is 35.3. The molecule has 0 radical (unpaired) electrons. The van der Waals surface area contributed by atoms with E-state index < -0.39 is 11.9 Å². The van der Waals surface area contributed by atoms with Gasteiger partial charge in [-0.3, -0.25) is 0 Å². The maximum atomic E-state index is 13.5. The molecule has 0 spiro atoms. The van der Waals surface area contributed by atoms with E-state index in [9.17, 15) is 9.59 Å². The maximum Gasteiger partial charge on any atom is 0.350 e. The van der Waals surface area contributed by atoms with Gasteiger partial charge < -0.3 is 39.4 Å². The number of carbonyl (C=O) groups excluding carboxylic acids is 2. The van der Waals surface area contributed by atoms with Crippen molar-refractivity contribution in [2.24, 2.45) is 9.98 Å². The van der Waals surface area contributed by atoms with Crippen molar-refractivity contribution in [3.05, 3.63) is 76.5 Å². The highest BCUT2D eigenvalue weighted by Crippen LogP contribution is 2.45. The number of benzene rings is 2. The van der Waals surface area contributed by atoms with Crippen molar-refractivity contribution in [2.75, 3.05) is 76.5 Å². The minimum absolute atomic E-state index is 0.206. The Morgan fingerprint density at radius 1 is 0.692 bits per heavy atom. The van der Waals surface area contributed by atoms with Gasteiger partial charge in [-0.05, 0) is 44.2 Å². The van der Waals surface area contributed by atoms with Gasteiger partial charge in [0.25, 0.3) is 0 Å². The van der Waals surface area contributed by atoms with E-state index in [1.807, 2.05) is 66.7 Å². The number of aromatic nitrogens is 1. The standard InChI is InChI=1S/C37H39N7O6S2/c1-3-49-34(45)30-28(40-36(43-15-19-47-20-16-43)38-24-11-7-5-8-12-24)26-23-27-29(31(35(46)50-4-2)52-33(27)42-32(26)51-30)41-37(44-17-21-48-22-18-44)39-25-13-9-6-10-14-25/h5-14,23H,3-4,15-22H2,1-2H3,(H,38,40)(H,39,41). The largest absolute Gasteiger partial charge is 0.462 e. The lowest BCUT2D eigenvalue weighted by Gasteiger charge is -2.30. The summed E-state index contributed by atoms with van der Waals surface area (Å²) in [5.74, 6) is 0.163. The highest BCUT2D eigenvalue weighted by molar-refractivity contribution is 7.23. The van der Waals surface area contributed by atoms with Crippen LogP contribution in [0.3, 0.4) is 0 Å². The maximum absolute atomic E-state index is 13.5. The molecular formula is C37H39N7O6S2. The van der Waals surface area contributed by atoms with Gasteiger partial charge in [0.05, 0.1) is 39.6 Å². The number of hydrogen-bond donors (Lipinski definition) is 2. The van der Waals surface area contributed by atoms with Crippen LogP contribution < -0.4 is 10.6 Å². The topological polar surface area (TPSA) is 139 Å². The van der Waals surface area contributed by atoms with Crippen LogP contribution in [0.2, 0.25) is 0 Å². The number of thiophene rings is 2. The second-order valence-electron chi connectivity index (χ2n) is 11.7. The molecule has 0 saturated carbocycles. The molecule has 0 bridgehead atoms. The first-order valence-corrected chi connectivity index (χ1v) is 18.9. The zero-order valence-corrected chi connectivity index (χ0v) is 30.6. The van der Waals surface area contributed by atoms with Gasteiger partial charge in [-0.2, -0.15) is 0 Å². The average molecular weight is 742 g/mol. The summed E-state index contributed by atoms with van der Waals surface area (Å²) in [6.45, 7) is 8.59. The molecule has 52 heavy (non-hydrogen) atoms. The Kier molecular flexibility index (Phi) is 11.2. The molecule has 2 aliphatic heterocycles. The van der Waals surface area contributed by atoms with E-state index in [0.29, 0.717) is 106 Å². The minimum atomic E-state index is -0.485. The van der Waals surface area contributed by atoms with E-state index in [1.165, 1.54) is 22.7 Å². The number of morpholine rings is 2. The van der Waals surface area contributed by atoms with Crippen LogP contribution in [0.25, 0.3) is 20.4 Å². The van der Waals surface area contributed by atoms with E-state index in [2.05, 4.69) is 20.4 Å². The molecule has 7 rings (SSSR count). The Bertz CT molecular complexity index is 1940. The summed E-state index contributed by atoms with van der Waals surface area (Å²) in [6.07, 6.45) is 0. The third-order valence-electron chi connectivity index (χ3n) is 8.33. The first-order valence-electron chi connectivity index (χ1n) is 17.2. The second-order valence-corrected chi connectivity index (χ2v) is 13.7. The van der Waals surface area contributed by atoms with Crippen molar-refractivity contribution in [3.8, 4) is 0 Å². The molecule has 0 atom stereocenters. The molecule has 270 valence electrons. The van der Waals surface area contributed by atoms with Crippen LogP contribution in [0.4, 0.5) is 22.7 Å². The van der Waals surface area contributed by atoms with Crippen molar-refractivity contribution in [2.45, 2.75) is 13.8 Å². The molecule has 2 aromatic carbocycles. The number of aliphatic imine (C=N–C) groups is 2. The predicted octanol–water partition coefficient (Wildman–Crippen LogP) is 6.73. The van der Waals surface area contributed by atoms with Gasteiger partial charge in [-0.15, -0.1) is 22.7 Å². The Hall–Kier alpha value is -5.09. The van der Waals surface area contributed by atoms with Crippen molar-refractivity contribution >= 4 is 89.7 Å². The molecule has 15 heteroatoms. The molecule has 2 fully saturated rings. The van der Waals surface area contributed by atoms with Crippen LogP contribution >= 0.6 is 22.7 Å². The Balaban J connectivity index is 1.44. The summed E-state index contributed by atoms with van der Waals surface area (Å²) in [6, 6.07) is 21.4. The quantitative estimate of drug-likeness (QED) is 0.0995. The zero-order valence-electron chi connectivity index (χ0n) is 28.9. The van der Waals surface area contributed by atoms with Crippen LogP contribution in [0.15, 0.2) is 76.7 Å². The van der Waals surface area contributed by atoms with E-state index in [0.717, 1.165) is 11.4 Å². The number of esters is 2. The first-order chi connectivity index (χ1) is 25.5. The molecule has 2 aliphatic rings. The molecule has 2 N–H and O–H groups in total. The molecule has 2 saturated heterocycles. The number of hydrogen-bond acceptors (Lipinski definition) is 11. The summed E-state index contributed by atoms with van der Waals surface area (Å²) in [5.41, 5.74) is 2.54. The van der Waals surface area contributed by atoms with E-state index in [4.69, 9.17) is 33.9 Å². The van der Waals surface area contributed by atoms with Crippen molar-refractivity contribution in [1.82, 2.24) is 14.8 Å². The lowest BCUT2D eigenvalue weighted by molar-refractivity contribution is 0.0523. The molecule has 13 nitrogen and oxygen atoms in total. The van der Waals surface area contributed by atoms with E-state index >= 15 is 0 Å². The van der Waals surface area contributed by atoms with Gasteiger partial charge in [0.15, 0.2) is 0 Å². The van der Waals surface area contributed by atoms with Gasteiger partial charge >= 0.3 is 11.9 Å². The smallest absolute Gasteiger partial charge is 0.350 e. The summed E-state index contributed by atoms with van der Waals surface area (Å²) in [4.78, 5) is 48.3. The molecule has 0 aliphatic carbocycles. The van der Waals surface area contributed by atoms with Crippen molar-refractivity contribution < 1.29 is 28.5 Å². The number of nitrogens with zero attached hydrogens (tertiary/aromatic N) is 5. The second kappa shape index (κ2) is 16.5. The lowest BCUT2D eigenvalue weighted by atomic mass is 10.2. The van der Waals surface area contributed by atoms with Gasteiger partial charge in [0, 0.05) is 48.3 Å². The molecular weight excluding hydrogens is 703 g/mol. The lowest BCUT2D eigenvalue weighted by Crippen LogP contribution is -2.44. The number of para-hydroxylation sites is 2. The minimum Gasteiger partial charge on any atom is -0.462 e. The fourth-order valence-corrected chi connectivity index (χ4v) is 7.86. The van der Waals surface area contributed by atoms with Crippen molar-refractivity contribution in [3.63, 3.8) is 0 Å². The molecule has 3 aromatic heterocycles. The normalized spacial score (nSPS) is 15.6. The molecule has 0 unspecified atom stereocenters. The molecule has 5 aromatic rings. The number of ether oxygens (including phenoxy) is 4. The number of nitrogens with one attached hydrogen (secondary N) is 2. The third-order valence-corrected chi connectivity index (χ3v) is 10.5. The summed E-state index contributed by atoms with van der Waals surface area (Å²) < 4.78 is 22.3. The number of pyridine rings is 1. The number of fused-ring (bicyclic) bond motifs is 2. The summed E-state index contributed by atoms with van der Waals surface area (Å²) in [5, 5.41) is 8.20. The third kappa shape index (κ3) is 7.87. The fourth-order valence-electron chi connectivity index (χ4n) is 5.82. The number of anilines is 2. The van der Waals surface area contributed by atoms with Crippen LogP contribution in [0.1, 0.15) is 33.2 Å². The molecule has 0 amide bonds. The van der Waals surface area contributed by atoms with Crippen LogP contribution in [-0.2, 0) is 18.9 Å². The van der Waals surface area contributed by atoms with E-state index in [1.54, 1.807) is 13.8 Å². The average Bonchev–Trinajstić information content (AvgIpc) is 3.72. The predicted molar refractivity (Wildman–Crippen MR) is 206 cm³/mol. The Morgan fingerprint density at radius 2 is 1.10 bits per heavy atom. The van der Waals surface area contributed by atoms with Gasteiger partial charge in [0.1, 0.15) is 30.8 Å². The van der Waals surface area contributed by atoms with E-state index in [-0.39, 0.29) is 13.2 Å². The van der Waals surface area contributed by atoms with Crippen LogP contribution in [-0.4, -0.2) is 104 Å². The summed E-state index contributed by atoms with van der Waals surface area (Å²) >= 11 is 2.42. The van der Waals surface area contributed by atoms with Gasteiger partial charge in [0.2, 0.25) is 11.9 Å². The molecule has 5 heterocycles. The Labute approximate surface area is 308 Å². The SMILES string of the molecule is CCOC(=O)c1sc2nc3sc(C(=O)OCC)c(N=C(Nc4ccccc4)N4CCOCC4)c3cc2c1N=C(Nc1ccccc1)N1CCOCC1. The fraction of sp³-hybridized carbons (Fsp3) is 0.324.